The molecule has 144 valence electrons. The molecule has 7 atom stereocenters. The average Bonchev–Trinajstić information content (AvgIpc) is 3.06. The number of alkyl halides is 1. The van der Waals surface area contributed by atoms with Crippen molar-refractivity contribution in [2.24, 2.45) is 11.8 Å². The molecule has 7 unspecified atom stereocenters. The van der Waals surface area contributed by atoms with Crippen molar-refractivity contribution in [1.29, 1.82) is 0 Å². The van der Waals surface area contributed by atoms with Crippen LogP contribution in [0.15, 0.2) is 0 Å². The summed E-state index contributed by atoms with van der Waals surface area (Å²) in [6.45, 7) is 1.73. The van der Waals surface area contributed by atoms with Gasteiger partial charge in [0.15, 0.2) is 0 Å². The summed E-state index contributed by atoms with van der Waals surface area (Å²) in [5.41, 5.74) is 7.19. The lowest BCUT2D eigenvalue weighted by molar-refractivity contribution is -0.00690. The molecular formula is C19H34FN3O2. The molecule has 2 saturated heterocycles. The minimum atomic E-state index is -0.333. The first-order chi connectivity index (χ1) is 12.3. The van der Waals surface area contributed by atoms with Crippen LogP contribution in [-0.4, -0.2) is 56.8 Å². The van der Waals surface area contributed by atoms with Gasteiger partial charge in [0.1, 0.15) is 6.67 Å². The first kappa shape index (κ1) is 18.1. The van der Waals surface area contributed by atoms with Gasteiger partial charge in [0, 0.05) is 31.3 Å². The Morgan fingerprint density at radius 3 is 2.68 bits per heavy atom. The van der Waals surface area contributed by atoms with Gasteiger partial charge in [-0.2, -0.15) is 0 Å². The summed E-state index contributed by atoms with van der Waals surface area (Å²) in [4.78, 5) is 0. The fourth-order valence-electron chi connectivity index (χ4n) is 5.43. The van der Waals surface area contributed by atoms with Crippen LogP contribution in [0.4, 0.5) is 4.39 Å². The summed E-state index contributed by atoms with van der Waals surface area (Å²) in [7, 11) is 0. The summed E-state index contributed by atoms with van der Waals surface area (Å²) in [5.74, 6) is 1.35. The smallest absolute Gasteiger partial charge is 0.105 e. The molecule has 25 heavy (non-hydrogen) atoms. The number of nitrogens with one attached hydrogen (secondary N) is 3. The highest BCUT2D eigenvalue weighted by atomic mass is 19.1. The molecule has 6 heteroatoms. The number of hydrazine groups is 1. The fraction of sp³-hybridized carbons (Fsp3) is 1.00. The topological polar surface area (TPSA) is 54.5 Å². The predicted molar refractivity (Wildman–Crippen MR) is 95.0 cm³/mol. The Balaban J connectivity index is 1.44. The molecule has 5 nitrogen and oxygen atoms in total. The van der Waals surface area contributed by atoms with Crippen molar-refractivity contribution in [1.82, 2.24) is 16.2 Å². The summed E-state index contributed by atoms with van der Waals surface area (Å²) < 4.78 is 25.5. The van der Waals surface area contributed by atoms with E-state index in [0.717, 1.165) is 32.2 Å². The molecule has 0 radical (unpaired) electrons. The van der Waals surface area contributed by atoms with Gasteiger partial charge in [0.05, 0.1) is 18.8 Å². The molecule has 2 saturated carbocycles. The minimum Gasteiger partial charge on any atom is -0.378 e. The molecule has 0 aromatic heterocycles. The number of hydrogen-bond donors (Lipinski definition) is 3. The van der Waals surface area contributed by atoms with Crippen LogP contribution in [-0.2, 0) is 9.47 Å². The van der Waals surface area contributed by atoms with Crippen LogP contribution < -0.4 is 16.2 Å². The molecule has 0 aromatic carbocycles. The van der Waals surface area contributed by atoms with E-state index in [9.17, 15) is 4.39 Å². The zero-order valence-corrected chi connectivity index (χ0v) is 15.2. The van der Waals surface area contributed by atoms with Crippen LogP contribution in [0.1, 0.15) is 51.4 Å². The van der Waals surface area contributed by atoms with Crippen molar-refractivity contribution in [3.8, 4) is 0 Å². The van der Waals surface area contributed by atoms with Gasteiger partial charge in [0.25, 0.3) is 0 Å². The number of halogens is 1. The van der Waals surface area contributed by atoms with Crippen molar-refractivity contribution >= 4 is 0 Å². The number of rotatable bonds is 1. The second-order valence-electron chi connectivity index (χ2n) is 8.40. The third kappa shape index (κ3) is 4.35. The van der Waals surface area contributed by atoms with E-state index in [1.54, 1.807) is 0 Å². The zero-order valence-electron chi connectivity index (χ0n) is 15.2. The van der Waals surface area contributed by atoms with E-state index in [-0.39, 0.29) is 12.7 Å². The molecule has 2 heterocycles. The van der Waals surface area contributed by atoms with Gasteiger partial charge in [-0.25, -0.2) is 4.39 Å². The van der Waals surface area contributed by atoms with Crippen LogP contribution in [0.2, 0.25) is 0 Å². The highest BCUT2D eigenvalue weighted by Crippen LogP contribution is 2.39. The lowest BCUT2D eigenvalue weighted by Gasteiger charge is -2.38. The minimum absolute atomic E-state index is 0.105. The molecule has 0 spiro atoms. The van der Waals surface area contributed by atoms with E-state index in [4.69, 9.17) is 9.47 Å². The van der Waals surface area contributed by atoms with Crippen LogP contribution in [0.5, 0.6) is 0 Å². The van der Waals surface area contributed by atoms with E-state index in [1.807, 2.05) is 0 Å². The van der Waals surface area contributed by atoms with E-state index in [1.165, 1.54) is 25.7 Å². The van der Waals surface area contributed by atoms with E-state index >= 15 is 0 Å². The number of fused-ring (bicyclic) bond motifs is 4. The number of ether oxygens (including phenoxy) is 2. The highest BCUT2D eigenvalue weighted by Gasteiger charge is 2.44. The predicted octanol–water partition coefficient (Wildman–Crippen LogP) is 1.92. The van der Waals surface area contributed by atoms with Crippen molar-refractivity contribution in [3.63, 3.8) is 0 Å². The lowest BCUT2D eigenvalue weighted by atomic mass is 9.72. The van der Waals surface area contributed by atoms with Gasteiger partial charge in [-0.1, -0.05) is 6.42 Å². The van der Waals surface area contributed by atoms with Crippen LogP contribution in [0, 0.1) is 11.8 Å². The van der Waals surface area contributed by atoms with Crippen molar-refractivity contribution in [3.05, 3.63) is 0 Å². The van der Waals surface area contributed by atoms with Gasteiger partial charge in [-0.3, -0.25) is 10.9 Å². The Morgan fingerprint density at radius 1 is 0.880 bits per heavy atom. The summed E-state index contributed by atoms with van der Waals surface area (Å²) in [6.07, 6.45) is 9.75. The maximum absolute atomic E-state index is 13.2. The molecule has 4 rings (SSSR count). The Kier molecular flexibility index (Phi) is 6.24. The van der Waals surface area contributed by atoms with Crippen molar-refractivity contribution in [2.45, 2.75) is 81.7 Å². The second kappa shape index (κ2) is 8.61. The maximum Gasteiger partial charge on any atom is 0.105 e. The van der Waals surface area contributed by atoms with Crippen LogP contribution in [0.25, 0.3) is 0 Å². The molecule has 2 aliphatic carbocycles. The summed E-state index contributed by atoms with van der Waals surface area (Å²) in [5, 5.41) is 3.29. The average molecular weight is 355 g/mol. The monoisotopic (exact) mass is 355 g/mol. The molecule has 3 N–H and O–H groups in total. The molecule has 0 aromatic rings. The molecule has 4 bridgehead atoms. The lowest BCUT2D eigenvalue weighted by Crippen LogP contribution is -2.43. The third-order valence-corrected chi connectivity index (χ3v) is 6.82. The molecule has 0 amide bonds. The Hall–Kier alpha value is -0.270. The fourth-order valence-corrected chi connectivity index (χ4v) is 5.43. The third-order valence-electron chi connectivity index (χ3n) is 6.82. The Bertz CT molecular complexity index is 427. The summed E-state index contributed by atoms with van der Waals surface area (Å²) >= 11 is 0. The second-order valence-corrected chi connectivity index (χ2v) is 8.40. The van der Waals surface area contributed by atoms with E-state index in [0.29, 0.717) is 49.3 Å². The van der Waals surface area contributed by atoms with E-state index < -0.39 is 0 Å². The first-order valence-electron chi connectivity index (χ1n) is 10.4. The van der Waals surface area contributed by atoms with E-state index in [2.05, 4.69) is 16.2 Å². The SMILES string of the molecule is FCC1CCOC2CCC3NNC(C4CCCC(C4)OCCN1)C3C2. The largest absolute Gasteiger partial charge is 0.378 e. The maximum atomic E-state index is 13.2. The van der Waals surface area contributed by atoms with Gasteiger partial charge >= 0.3 is 0 Å². The van der Waals surface area contributed by atoms with Gasteiger partial charge in [-0.15, -0.1) is 0 Å². The Labute approximate surface area is 150 Å². The molecule has 4 aliphatic rings. The van der Waals surface area contributed by atoms with Gasteiger partial charge in [0.2, 0.25) is 0 Å². The quantitative estimate of drug-likeness (QED) is 0.671. The number of hydrogen-bond acceptors (Lipinski definition) is 5. The zero-order chi connectivity index (χ0) is 17.1. The molecule has 4 fully saturated rings. The standard InChI is InChI=1S/C19H34FN3O2/c20-12-14-6-8-24-16-4-5-18-17(11-16)19(23-22-18)13-2-1-3-15(10-13)25-9-7-21-14/h13-19,21-23H,1-12H2. The van der Waals surface area contributed by atoms with Gasteiger partial charge in [-0.05, 0) is 56.8 Å². The molecular weight excluding hydrogens is 321 g/mol. The summed E-state index contributed by atoms with van der Waals surface area (Å²) in [6, 6.07) is 1.03. The Morgan fingerprint density at radius 2 is 1.76 bits per heavy atom. The first-order valence-corrected chi connectivity index (χ1v) is 10.4. The normalized spacial score (nSPS) is 46.2. The van der Waals surface area contributed by atoms with Crippen molar-refractivity contribution in [2.75, 3.05) is 26.4 Å². The van der Waals surface area contributed by atoms with Gasteiger partial charge < -0.3 is 14.8 Å². The van der Waals surface area contributed by atoms with Crippen LogP contribution >= 0.6 is 0 Å². The van der Waals surface area contributed by atoms with Crippen molar-refractivity contribution < 1.29 is 13.9 Å². The highest BCUT2D eigenvalue weighted by molar-refractivity contribution is 4.99. The molecule has 2 aliphatic heterocycles. The van der Waals surface area contributed by atoms with Crippen LogP contribution in [0.3, 0.4) is 0 Å².